The molecule has 0 aliphatic rings. The van der Waals surface area contributed by atoms with Crippen molar-refractivity contribution >= 4 is 67.7 Å². The Bertz CT molecular complexity index is 2550. The Labute approximate surface area is 383 Å². The summed E-state index contributed by atoms with van der Waals surface area (Å²) in [6, 6.07) is 15.8. The first kappa shape index (κ1) is 49.9. The van der Waals surface area contributed by atoms with Gasteiger partial charge in [0.05, 0.1) is 24.8 Å². The second-order valence-electron chi connectivity index (χ2n) is 14.4. The largest absolute Gasteiger partial charge is 0.506 e. The van der Waals surface area contributed by atoms with E-state index in [-0.39, 0.29) is 39.1 Å². The zero-order valence-corrected chi connectivity index (χ0v) is 38.6. The smallest absolute Gasteiger partial charge is 0.238 e. The van der Waals surface area contributed by atoms with Gasteiger partial charge in [-0.15, -0.1) is 25.6 Å². The molecule has 0 fully saturated rings. The van der Waals surface area contributed by atoms with Crippen molar-refractivity contribution in [1.82, 2.24) is 24.8 Å². The molecule has 5 aromatic rings. The van der Waals surface area contributed by atoms with E-state index in [4.69, 9.17) is 14.6 Å². The number of hydrogen-bond acceptors (Lipinski definition) is 21. The number of aromatic hydroxyl groups is 3. The summed E-state index contributed by atoms with van der Waals surface area (Å²) in [6.45, 7) is 16.0. The van der Waals surface area contributed by atoms with Crippen LogP contribution in [0, 0.1) is 0 Å². The first-order valence-corrected chi connectivity index (χ1v) is 22.8. The lowest BCUT2D eigenvalue weighted by atomic mass is 10.2. The molecule has 22 nitrogen and oxygen atoms in total. The Morgan fingerprint density at radius 2 is 1.11 bits per heavy atom. The molecule has 0 aliphatic carbocycles. The van der Waals surface area contributed by atoms with Crippen LogP contribution in [0.4, 0.5) is 57.7 Å². The molecular formula is C43H57N15O7S. The standard InChI is InChI=1S/C43H57N15O7S/c1-7-57(8-2)23-11-21-45-41-48-42(46-22-12-24-58(9-3)10-4)50-43(49-41)47-28-13-15-29(16-14-28)51-54-33-26-38(65-6)34(27-37(33)64-5)55-56-39-36(60)20-18-31(40(39)61)52-53-32-25-30(66(44,62)63)17-19-35(32)59/h13-20,25-27,59-61H,7-12,21-24H2,1-6H3,(H2,44,62,63)(H3,45,46,47,48,49,50). The molecule has 0 spiro atoms. The second kappa shape index (κ2) is 24.3. The number of methoxy groups -OCH3 is 2. The van der Waals surface area contributed by atoms with Gasteiger partial charge in [0.15, 0.2) is 11.4 Å². The van der Waals surface area contributed by atoms with Crippen LogP contribution in [0.5, 0.6) is 28.7 Å². The monoisotopic (exact) mass is 927 g/mol. The van der Waals surface area contributed by atoms with Crippen molar-refractivity contribution < 1.29 is 33.2 Å². The molecule has 0 amide bonds. The Morgan fingerprint density at radius 1 is 0.606 bits per heavy atom. The molecule has 0 bridgehead atoms. The number of azo groups is 3. The van der Waals surface area contributed by atoms with Gasteiger partial charge in [0.1, 0.15) is 45.7 Å². The van der Waals surface area contributed by atoms with E-state index in [0.717, 1.165) is 70.3 Å². The van der Waals surface area contributed by atoms with E-state index in [9.17, 15) is 23.7 Å². The molecule has 23 heteroatoms. The van der Waals surface area contributed by atoms with E-state index >= 15 is 0 Å². The Hall–Kier alpha value is -7.08. The molecule has 0 saturated heterocycles. The summed E-state index contributed by atoms with van der Waals surface area (Å²) in [7, 11) is -1.25. The first-order chi connectivity index (χ1) is 31.8. The molecule has 0 unspecified atom stereocenters. The van der Waals surface area contributed by atoms with Crippen molar-refractivity contribution in [2.75, 3.05) is 82.5 Å². The van der Waals surface area contributed by atoms with Crippen LogP contribution in [0.1, 0.15) is 40.5 Å². The Morgan fingerprint density at radius 3 is 1.64 bits per heavy atom. The normalized spacial score (nSPS) is 12.0. The van der Waals surface area contributed by atoms with Crippen LogP contribution in [0.25, 0.3) is 0 Å². The SMILES string of the molecule is CCN(CC)CCCNc1nc(NCCCN(CC)CC)nc(Nc2ccc(N=Nc3cc(OC)c(N=Nc4c(O)ccc(N=Nc5cc(S(N)(=O)=O)ccc5O)c4O)cc3OC)cc2)n1. The molecule has 1 aromatic heterocycles. The van der Waals surface area contributed by atoms with Gasteiger partial charge in [-0.05, 0) is 107 Å². The number of primary sulfonamides is 1. The zero-order valence-electron chi connectivity index (χ0n) is 37.8. The quantitative estimate of drug-likeness (QED) is 0.0212. The molecular weight excluding hydrogens is 871 g/mol. The minimum atomic E-state index is -4.10. The summed E-state index contributed by atoms with van der Waals surface area (Å²) in [6.07, 6.45) is 1.88. The van der Waals surface area contributed by atoms with Crippen molar-refractivity contribution in [3.63, 3.8) is 0 Å². The van der Waals surface area contributed by atoms with Gasteiger partial charge in [0.25, 0.3) is 0 Å². The van der Waals surface area contributed by atoms with E-state index in [1.165, 1.54) is 38.5 Å². The molecule has 1 heterocycles. The summed E-state index contributed by atoms with van der Waals surface area (Å²) in [5, 5.41) is 71.4. The number of ether oxygens (including phenoxy) is 2. The lowest BCUT2D eigenvalue weighted by Gasteiger charge is -2.18. The average molecular weight is 928 g/mol. The third kappa shape index (κ3) is 14.2. The van der Waals surface area contributed by atoms with Gasteiger partial charge in [0.2, 0.25) is 27.9 Å². The summed E-state index contributed by atoms with van der Waals surface area (Å²) in [4.78, 5) is 18.3. The number of hydrogen-bond donors (Lipinski definition) is 7. The maximum atomic E-state index is 11.8. The zero-order chi connectivity index (χ0) is 47.6. The van der Waals surface area contributed by atoms with Crippen LogP contribution < -0.4 is 30.6 Å². The van der Waals surface area contributed by atoms with Crippen LogP contribution in [-0.4, -0.2) is 115 Å². The van der Waals surface area contributed by atoms with Crippen molar-refractivity contribution in [2.45, 2.75) is 45.4 Å². The number of phenols is 3. The number of aromatic nitrogens is 3. The van der Waals surface area contributed by atoms with Crippen LogP contribution >= 0.6 is 0 Å². The van der Waals surface area contributed by atoms with E-state index in [1.807, 2.05) is 12.1 Å². The number of nitrogens with zero attached hydrogens (tertiary/aromatic N) is 11. The highest BCUT2D eigenvalue weighted by atomic mass is 32.2. The Balaban J connectivity index is 1.30. The fraction of sp³-hybridized carbons (Fsp3) is 0.372. The number of nitrogens with two attached hydrogens (primary N) is 1. The predicted octanol–water partition coefficient (Wildman–Crippen LogP) is 8.93. The number of anilines is 4. The molecule has 0 aliphatic heterocycles. The highest BCUT2D eigenvalue weighted by Gasteiger charge is 2.17. The molecule has 4 aromatic carbocycles. The predicted molar refractivity (Wildman–Crippen MR) is 253 cm³/mol. The molecule has 0 saturated carbocycles. The second-order valence-corrected chi connectivity index (χ2v) is 15.9. The first-order valence-electron chi connectivity index (χ1n) is 21.3. The van der Waals surface area contributed by atoms with Crippen molar-refractivity contribution in [1.29, 1.82) is 0 Å². The molecule has 66 heavy (non-hydrogen) atoms. The third-order valence-corrected chi connectivity index (χ3v) is 11.0. The fourth-order valence-corrected chi connectivity index (χ4v) is 6.79. The maximum Gasteiger partial charge on any atom is 0.238 e. The number of rotatable bonds is 25. The third-order valence-electron chi connectivity index (χ3n) is 10.1. The topological polar surface area (TPSA) is 295 Å². The number of sulfonamides is 1. The van der Waals surface area contributed by atoms with Gasteiger partial charge in [-0.2, -0.15) is 20.1 Å². The molecule has 0 radical (unpaired) electrons. The van der Waals surface area contributed by atoms with E-state index < -0.39 is 27.3 Å². The van der Waals surface area contributed by atoms with Gasteiger partial charge in [-0.3, -0.25) is 0 Å². The van der Waals surface area contributed by atoms with Gasteiger partial charge in [-0.25, -0.2) is 13.6 Å². The van der Waals surface area contributed by atoms with Crippen LogP contribution in [0.3, 0.4) is 0 Å². The summed E-state index contributed by atoms with van der Waals surface area (Å²) >= 11 is 0. The highest BCUT2D eigenvalue weighted by Crippen LogP contribution is 2.46. The molecule has 8 N–H and O–H groups in total. The Kier molecular flexibility index (Phi) is 18.4. The van der Waals surface area contributed by atoms with Crippen molar-refractivity contribution in [2.24, 2.45) is 35.8 Å². The summed E-state index contributed by atoms with van der Waals surface area (Å²) in [5.41, 5.74) is 0.899. The average Bonchev–Trinajstić information content (AvgIpc) is 3.31. The van der Waals surface area contributed by atoms with Crippen molar-refractivity contribution in [3.05, 3.63) is 66.7 Å². The summed E-state index contributed by atoms with van der Waals surface area (Å²) < 4.78 is 34.6. The minimum Gasteiger partial charge on any atom is -0.506 e. The van der Waals surface area contributed by atoms with Gasteiger partial charge >= 0.3 is 0 Å². The van der Waals surface area contributed by atoms with Gasteiger partial charge < -0.3 is 50.5 Å². The molecule has 0 atom stereocenters. The number of nitrogens with one attached hydrogen (secondary N) is 3. The van der Waals surface area contributed by atoms with Gasteiger partial charge in [-0.1, -0.05) is 27.7 Å². The highest BCUT2D eigenvalue weighted by molar-refractivity contribution is 7.89. The van der Waals surface area contributed by atoms with Crippen LogP contribution in [-0.2, 0) is 10.0 Å². The fourth-order valence-electron chi connectivity index (χ4n) is 6.26. The van der Waals surface area contributed by atoms with E-state index in [1.54, 1.807) is 12.1 Å². The summed E-state index contributed by atoms with van der Waals surface area (Å²) in [5.74, 6) is 0.333. The minimum absolute atomic E-state index is 0.147. The van der Waals surface area contributed by atoms with Crippen LogP contribution in [0.2, 0.25) is 0 Å². The number of phenolic OH excluding ortho intramolecular Hbond substituents is 3. The van der Waals surface area contributed by atoms with Crippen LogP contribution in [0.15, 0.2) is 102 Å². The van der Waals surface area contributed by atoms with E-state index in [2.05, 4.69) is 99.1 Å². The lowest BCUT2D eigenvalue weighted by molar-refractivity contribution is 0.303. The maximum absolute atomic E-state index is 11.8. The molecule has 5 rings (SSSR count). The van der Waals surface area contributed by atoms with Gasteiger partial charge in [0, 0.05) is 30.9 Å². The van der Waals surface area contributed by atoms with E-state index in [0.29, 0.717) is 48.0 Å². The van der Waals surface area contributed by atoms with Crippen molar-refractivity contribution in [3.8, 4) is 28.7 Å². The molecule has 352 valence electrons. The number of benzene rings is 4. The lowest BCUT2D eigenvalue weighted by Crippen LogP contribution is -2.26.